The number of nitrogens with one attached hydrogen (secondary N) is 2. The fourth-order valence-electron chi connectivity index (χ4n) is 2.58. The Morgan fingerprint density at radius 3 is 1.52 bits per heavy atom. The maximum atomic E-state index is 11.8. The number of nitrogens with zero attached hydrogens (tertiary/aromatic N) is 2. The topological polar surface area (TPSA) is 83.1 Å². The molecule has 2 fully saturated rings. The summed E-state index contributed by atoms with van der Waals surface area (Å²) in [6.07, 6.45) is 0.740. The molecular formula is C15H28N4O4. The third-order valence-corrected chi connectivity index (χ3v) is 3.94. The summed E-state index contributed by atoms with van der Waals surface area (Å²) in [4.78, 5) is 27.7. The molecule has 2 aliphatic heterocycles. The molecule has 0 aliphatic carbocycles. The van der Waals surface area contributed by atoms with Crippen LogP contribution >= 0.6 is 0 Å². The number of hydrogen-bond donors (Lipinski definition) is 2. The summed E-state index contributed by atoms with van der Waals surface area (Å²) in [6.45, 7) is 8.05. The molecule has 23 heavy (non-hydrogen) atoms. The van der Waals surface area contributed by atoms with Crippen molar-refractivity contribution in [2.75, 3.05) is 78.8 Å². The van der Waals surface area contributed by atoms with Gasteiger partial charge in [0.25, 0.3) is 0 Å². The highest BCUT2D eigenvalue weighted by molar-refractivity contribution is 5.78. The van der Waals surface area contributed by atoms with E-state index in [4.69, 9.17) is 9.47 Å². The van der Waals surface area contributed by atoms with E-state index in [9.17, 15) is 9.59 Å². The first-order valence-electron chi connectivity index (χ1n) is 8.37. The van der Waals surface area contributed by atoms with Crippen LogP contribution in [0.1, 0.15) is 6.42 Å². The molecule has 0 spiro atoms. The molecule has 0 unspecified atom stereocenters. The largest absolute Gasteiger partial charge is 0.379 e. The third-order valence-electron chi connectivity index (χ3n) is 3.94. The predicted octanol–water partition coefficient (Wildman–Crippen LogP) is -1.73. The van der Waals surface area contributed by atoms with Crippen LogP contribution in [0.2, 0.25) is 0 Å². The van der Waals surface area contributed by atoms with Crippen molar-refractivity contribution >= 4 is 11.8 Å². The number of carbonyl (C=O) groups excluding carboxylic acids is 2. The predicted molar refractivity (Wildman–Crippen MR) is 85.2 cm³/mol. The highest BCUT2D eigenvalue weighted by atomic mass is 16.5. The first kappa shape index (κ1) is 18.1. The van der Waals surface area contributed by atoms with Gasteiger partial charge < -0.3 is 20.1 Å². The van der Waals surface area contributed by atoms with E-state index in [2.05, 4.69) is 20.4 Å². The van der Waals surface area contributed by atoms with Gasteiger partial charge in [-0.05, 0) is 6.42 Å². The summed E-state index contributed by atoms with van der Waals surface area (Å²) in [6, 6.07) is 0. The van der Waals surface area contributed by atoms with Crippen LogP contribution in [0.25, 0.3) is 0 Å². The van der Waals surface area contributed by atoms with Crippen LogP contribution in [0.5, 0.6) is 0 Å². The number of rotatable bonds is 8. The zero-order chi connectivity index (χ0) is 16.3. The maximum absolute atomic E-state index is 11.8. The molecule has 2 aliphatic rings. The monoisotopic (exact) mass is 328 g/mol. The lowest BCUT2D eigenvalue weighted by Crippen LogP contribution is -2.44. The quantitative estimate of drug-likeness (QED) is 0.516. The van der Waals surface area contributed by atoms with Crippen LogP contribution < -0.4 is 10.6 Å². The van der Waals surface area contributed by atoms with Crippen molar-refractivity contribution in [1.29, 1.82) is 0 Å². The zero-order valence-corrected chi connectivity index (χ0v) is 13.7. The minimum Gasteiger partial charge on any atom is -0.379 e. The molecule has 132 valence electrons. The second-order valence-corrected chi connectivity index (χ2v) is 5.83. The van der Waals surface area contributed by atoms with Crippen molar-refractivity contribution in [2.45, 2.75) is 6.42 Å². The SMILES string of the molecule is O=C(CN1CCOCC1)NCCCNC(=O)CN1CCOCC1. The Hall–Kier alpha value is -1.22. The van der Waals surface area contributed by atoms with Gasteiger partial charge in [-0.25, -0.2) is 0 Å². The molecule has 0 radical (unpaired) electrons. The highest BCUT2D eigenvalue weighted by Gasteiger charge is 2.14. The van der Waals surface area contributed by atoms with Crippen LogP contribution in [-0.4, -0.2) is 100 Å². The molecule has 8 nitrogen and oxygen atoms in total. The summed E-state index contributed by atoms with van der Waals surface area (Å²) in [7, 11) is 0. The van der Waals surface area contributed by atoms with E-state index >= 15 is 0 Å². The van der Waals surface area contributed by atoms with Gasteiger partial charge in [0.15, 0.2) is 0 Å². The van der Waals surface area contributed by atoms with Gasteiger partial charge in [-0.15, -0.1) is 0 Å². The van der Waals surface area contributed by atoms with Crippen molar-refractivity contribution < 1.29 is 19.1 Å². The Bertz CT molecular complexity index is 334. The standard InChI is InChI=1S/C15H28N4O4/c20-14(12-18-4-8-22-9-5-18)16-2-1-3-17-15(21)13-19-6-10-23-11-7-19/h1-13H2,(H,16,20)(H,17,21). The van der Waals surface area contributed by atoms with Crippen LogP contribution in [0.4, 0.5) is 0 Å². The number of ether oxygens (including phenoxy) is 2. The minimum absolute atomic E-state index is 0.0338. The Balaban J connectivity index is 1.45. The normalized spacial score (nSPS) is 20.2. The van der Waals surface area contributed by atoms with E-state index < -0.39 is 0 Å². The number of hydrogen-bond acceptors (Lipinski definition) is 6. The summed E-state index contributed by atoms with van der Waals surface area (Å²) in [5.41, 5.74) is 0. The molecule has 2 saturated heterocycles. The van der Waals surface area contributed by atoms with Crippen LogP contribution in [0.3, 0.4) is 0 Å². The van der Waals surface area contributed by atoms with Crippen molar-refractivity contribution in [1.82, 2.24) is 20.4 Å². The minimum atomic E-state index is 0.0338. The molecule has 2 rings (SSSR count). The van der Waals surface area contributed by atoms with Crippen LogP contribution in [0.15, 0.2) is 0 Å². The average molecular weight is 328 g/mol. The van der Waals surface area contributed by atoms with Gasteiger partial charge in [0.1, 0.15) is 0 Å². The van der Waals surface area contributed by atoms with Gasteiger partial charge in [0, 0.05) is 39.3 Å². The lowest BCUT2D eigenvalue weighted by Gasteiger charge is -2.26. The first-order chi connectivity index (χ1) is 11.2. The van der Waals surface area contributed by atoms with Gasteiger partial charge in [0.2, 0.25) is 11.8 Å². The third kappa shape index (κ3) is 7.74. The van der Waals surface area contributed by atoms with E-state index in [1.165, 1.54) is 0 Å². The Morgan fingerprint density at radius 1 is 0.739 bits per heavy atom. The van der Waals surface area contributed by atoms with Gasteiger partial charge >= 0.3 is 0 Å². The number of amides is 2. The Kier molecular flexibility index (Phi) is 8.30. The molecular weight excluding hydrogens is 300 g/mol. The summed E-state index contributed by atoms with van der Waals surface area (Å²) < 4.78 is 10.5. The fourth-order valence-corrected chi connectivity index (χ4v) is 2.58. The van der Waals surface area contributed by atoms with Crippen molar-refractivity contribution in [3.05, 3.63) is 0 Å². The summed E-state index contributed by atoms with van der Waals surface area (Å²) >= 11 is 0. The lowest BCUT2D eigenvalue weighted by molar-refractivity contribution is -0.123. The summed E-state index contributed by atoms with van der Waals surface area (Å²) in [5.74, 6) is 0.0677. The Morgan fingerprint density at radius 2 is 1.13 bits per heavy atom. The molecule has 0 atom stereocenters. The first-order valence-corrected chi connectivity index (χ1v) is 8.37. The van der Waals surface area contributed by atoms with E-state index in [0.29, 0.717) is 52.6 Å². The fraction of sp³-hybridized carbons (Fsp3) is 0.867. The average Bonchev–Trinajstić information content (AvgIpc) is 2.56. The smallest absolute Gasteiger partial charge is 0.234 e. The maximum Gasteiger partial charge on any atom is 0.234 e. The van der Waals surface area contributed by atoms with Gasteiger partial charge in [0.05, 0.1) is 39.5 Å². The van der Waals surface area contributed by atoms with Gasteiger partial charge in [-0.3, -0.25) is 19.4 Å². The molecule has 0 aromatic rings. The van der Waals surface area contributed by atoms with E-state index in [1.54, 1.807) is 0 Å². The van der Waals surface area contributed by atoms with E-state index in [1.807, 2.05) is 0 Å². The van der Waals surface area contributed by atoms with Gasteiger partial charge in [-0.2, -0.15) is 0 Å². The summed E-state index contributed by atoms with van der Waals surface area (Å²) in [5, 5.41) is 5.77. The molecule has 0 aromatic carbocycles. The number of morpholine rings is 2. The zero-order valence-electron chi connectivity index (χ0n) is 13.7. The second kappa shape index (κ2) is 10.5. The van der Waals surface area contributed by atoms with Crippen molar-refractivity contribution in [3.8, 4) is 0 Å². The van der Waals surface area contributed by atoms with E-state index in [-0.39, 0.29) is 11.8 Å². The van der Waals surface area contributed by atoms with Crippen molar-refractivity contribution in [3.63, 3.8) is 0 Å². The molecule has 0 aromatic heterocycles. The van der Waals surface area contributed by atoms with Gasteiger partial charge in [-0.1, -0.05) is 0 Å². The molecule has 2 N–H and O–H groups in total. The molecule has 2 amide bonds. The highest BCUT2D eigenvalue weighted by Crippen LogP contribution is 1.96. The molecule has 8 heteroatoms. The molecule has 0 saturated carbocycles. The molecule has 2 heterocycles. The second-order valence-electron chi connectivity index (χ2n) is 5.83. The lowest BCUT2D eigenvalue weighted by atomic mass is 10.3. The van der Waals surface area contributed by atoms with Crippen LogP contribution in [-0.2, 0) is 19.1 Å². The molecule has 0 bridgehead atoms. The number of carbonyl (C=O) groups is 2. The Labute approximate surface area is 137 Å². The van der Waals surface area contributed by atoms with E-state index in [0.717, 1.165) is 32.6 Å². The van der Waals surface area contributed by atoms with Crippen LogP contribution in [0, 0.1) is 0 Å². The van der Waals surface area contributed by atoms with Crippen molar-refractivity contribution in [2.24, 2.45) is 0 Å².